The number of ether oxygens (including phenoxy) is 1. The molecule has 2 rings (SSSR count). The first-order chi connectivity index (χ1) is 16.4. The zero-order valence-electron chi connectivity index (χ0n) is 21.4. The number of nitrogens with one attached hydrogen (secondary N) is 2. The number of aryl methyl sites for hydroxylation is 2. The number of amides is 3. The van der Waals surface area contributed by atoms with Gasteiger partial charge in [-0.1, -0.05) is 59.7 Å². The second-order valence-corrected chi connectivity index (χ2v) is 9.90. The Morgan fingerprint density at radius 3 is 2.14 bits per heavy atom. The van der Waals surface area contributed by atoms with Crippen LogP contribution >= 0.6 is 12.6 Å². The van der Waals surface area contributed by atoms with Crippen molar-refractivity contribution in [3.05, 3.63) is 70.8 Å². The van der Waals surface area contributed by atoms with Crippen LogP contribution in [0.4, 0.5) is 4.79 Å². The molecule has 8 heteroatoms. The maximum absolute atomic E-state index is 13.6. The van der Waals surface area contributed by atoms with Crippen molar-refractivity contribution < 1.29 is 19.1 Å². The van der Waals surface area contributed by atoms with Gasteiger partial charge >= 0.3 is 6.09 Å². The first-order valence-corrected chi connectivity index (χ1v) is 12.4. The standard InChI is InChI=1S/C27H37N3O4S/c1-7-30(25(32)22(17-35)29-26(33)34-27(4,5)6)23(21-14-18(2)13-19(3)15-21)24(31)28-16-20-11-9-8-10-12-20/h8-15,22-23,35H,7,16-17H2,1-6H3,(H,28,31)(H,29,33). The summed E-state index contributed by atoms with van der Waals surface area (Å²) < 4.78 is 5.31. The molecule has 2 N–H and O–H groups in total. The van der Waals surface area contributed by atoms with Gasteiger partial charge in [0, 0.05) is 18.8 Å². The third-order valence-electron chi connectivity index (χ3n) is 5.22. The monoisotopic (exact) mass is 499 g/mol. The minimum absolute atomic E-state index is 0.0553. The molecule has 7 nitrogen and oxygen atoms in total. The average Bonchev–Trinajstić information content (AvgIpc) is 2.77. The second-order valence-electron chi connectivity index (χ2n) is 9.53. The van der Waals surface area contributed by atoms with E-state index in [2.05, 4.69) is 23.3 Å². The van der Waals surface area contributed by atoms with Gasteiger partial charge in [-0.3, -0.25) is 9.59 Å². The Hall–Kier alpha value is -3.00. The molecule has 35 heavy (non-hydrogen) atoms. The lowest BCUT2D eigenvalue weighted by atomic mass is 9.98. The molecule has 0 aliphatic heterocycles. The first-order valence-electron chi connectivity index (χ1n) is 11.8. The smallest absolute Gasteiger partial charge is 0.408 e. The second kappa shape index (κ2) is 12.6. The molecule has 0 bridgehead atoms. The summed E-state index contributed by atoms with van der Waals surface area (Å²) in [4.78, 5) is 41.0. The number of thiol groups is 1. The molecule has 0 heterocycles. The highest BCUT2D eigenvalue weighted by molar-refractivity contribution is 7.80. The van der Waals surface area contributed by atoms with Gasteiger partial charge in [0.25, 0.3) is 0 Å². The normalized spacial score (nSPS) is 12.9. The van der Waals surface area contributed by atoms with Gasteiger partial charge in [-0.05, 0) is 52.7 Å². The zero-order valence-corrected chi connectivity index (χ0v) is 22.3. The molecule has 0 saturated heterocycles. The lowest BCUT2D eigenvalue weighted by Gasteiger charge is -2.33. The van der Waals surface area contributed by atoms with Gasteiger partial charge in [0.15, 0.2) is 0 Å². The van der Waals surface area contributed by atoms with Crippen molar-refractivity contribution in [3.8, 4) is 0 Å². The van der Waals surface area contributed by atoms with E-state index >= 15 is 0 Å². The molecule has 2 aromatic carbocycles. The number of benzene rings is 2. The lowest BCUT2D eigenvalue weighted by Crippen LogP contribution is -2.53. The predicted octanol–water partition coefficient (Wildman–Crippen LogP) is 4.33. The number of nitrogens with zero attached hydrogens (tertiary/aromatic N) is 1. The lowest BCUT2D eigenvalue weighted by molar-refractivity contribution is -0.141. The average molecular weight is 500 g/mol. The molecule has 2 aromatic rings. The van der Waals surface area contributed by atoms with Crippen LogP contribution in [0.25, 0.3) is 0 Å². The van der Waals surface area contributed by atoms with E-state index in [4.69, 9.17) is 4.74 Å². The molecule has 0 fully saturated rings. The topological polar surface area (TPSA) is 87.7 Å². The summed E-state index contributed by atoms with van der Waals surface area (Å²) in [5.41, 5.74) is 2.93. The van der Waals surface area contributed by atoms with Crippen molar-refractivity contribution in [2.24, 2.45) is 0 Å². The summed E-state index contributed by atoms with van der Waals surface area (Å²) in [7, 11) is 0. The summed E-state index contributed by atoms with van der Waals surface area (Å²) in [5.74, 6) is -0.656. The summed E-state index contributed by atoms with van der Waals surface area (Å²) in [6, 6.07) is 13.6. The van der Waals surface area contributed by atoms with Gasteiger partial charge in [0.2, 0.25) is 11.8 Å². The fourth-order valence-electron chi connectivity index (χ4n) is 3.82. The molecule has 0 spiro atoms. The Morgan fingerprint density at radius 1 is 1.03 bits per heavy atom. The van der Waals surface area contributed by atoms with Gasteiger partial charge < -0.3 is 20.3 Å². The molecule has 2 unspecified atom stereocenters. The molecular formula is C27H37N3O4S. The Kier molecular flexibility index (Phi) is 10.2. The largest absolute Gasteiger partial charge is 0.444 e. The molecular weight excluding hydrogens is 462 g/mol. The summed E-state index contributed by atoms with van der Waals surface area (Å²) in [5, 5.41) is 5.57. The fourth-order valence-corrected chi connectivity index (χ4v) is 4.07. The molecule has 2 atom stereocenters. The van der Waals surface area contributed by atoms with Crippen molar-refractivity contribution in [1.29, 1.82) is 0 Å². The minimum Gasteiger partial charge on any atom is -0.444 e. The van der Waals surface area contributed by atoms with Crippen molar-refractivity contribution in [2.45, 2.75) is 65.8 Å². The highest BCUT2D eigenvalue weighted by Crippen LogP contribution is 2.25. The van der Waals surface area contributed by atoms with Gasteiger partial charge in [0.1, 0.15) is 17.7 Å². The Balaban J connectivity index is 2.36. The van der Waals surface area contributed by atoms with Crippen LogP contribution in [0.3, 0.4) is 0 Å². The van der Waals surface area contributed by atoms with Crippen LogP contribution in [-0.2, 0) is 20.9 Å². The van der Waals surface area contributed by atoms with E-state index in [0.717, 1.165) is 16.7 Å². The molecule has 0 radical (unpaired) electrons. The first kappa shape index (κ1) is 28.2. The Bertz CT molecular complexity index is 1000. The van der Waals surface area contributed by atoms with Crippen LogP contribution in [-0.4, -0.2) is 46.7 Å². The van der Waals surface area contributed by atoms with Crippen molar-refractivity contribution >= 4 is 30.5 Å². The van der Waals surface area contributed by atoms with E-state index in [1.54, 1.807) is 27.7 Å². The number of carbonyl (C=O) groups is 3. The van der Waals surface area contributed by atoms with Crippen LogP contribution in [0.15, 0.2) is 48.5 Å². The number of rotatable bonds is 9. The molecule has 0 aliphatic rings. The van der Waals surface area contributed by atoms with Crippen LogP contribution in [0, 0.1) is 13.8 Å². The zero-order chi connectivity index (χ0) is 26.2. The Labute approximate surface area is 214 Å². The highest BCUT2D eigenvalue weighted by atomic mass is 32.1. The van der Waals surface area contributed by atoms with Crippen LogP contribution in [0.5, 0.6) is 0 Å². The Morgan fingerprint density at radius 2 is 1.63 bits per heavy atom. The van der Waals surface area contributed by atoms with E-state index in [9.17, 15) is 14.4 Å². The number of hydrogen-bond acceptors (Lipinski definition) is 5. The van der Waals surface area contributed by atoms with Gasteiger partial charge in [-0.25, -0.2) is 4.79 Å². The molecule has 0 saturated carbocycles. The number of alkyl carbamates (subject to hydrolysis) is 1. The van der Waals surface area contributed by atoms with Crippen LogP contribution < -0.4 is 10.6 Å². The minimum atomic E-state index is -0.955. The fraction of sp³-hybridized carbons (Fsp3) is 0.444. The summed E-state index contributed by atoms with van der Waals surface area (Å²) in [6.45, 7) is 11.5. The maximum Gasteiger partial charge on any atom is 0.408 e. The molecule has 190 valence electrons. The predicted molar refractivity (Wildman–Crippen MR) is 141 cm³/mol. The molecule has 0 aliphatic carbocycles. The van der Waals surface area contributed by atoms with Crippen molar-refractivity contribution in [1.82, 2.24) is 15.5 Å². The van der Waals surface area contributed by atoms with E-state index in [-0.39, 0.29) is 18.2 Å². The summed E-state index contributed by atoms with van der Waals surface area (Å²) in [6.07, 6.45) is -0.711. The molecule has 3 amide bonds. The van der Waals surface area contributed by atoms with Gasteiger partial charge in [0.05, 0.1) is 0 Å². The number of hydrogen-bond donors (Lipinski definition) is 3. The van der Waals surface area contributed by atoms with Crippen LogP contribution in [0.2, 0.25) is 0 Å². The van der Waals surface area contributed by atoms with E-state index < -0.39 is 29.7 Å². The van der Waals surface area contributed by atoms with Gasteiger partial charge in [-0.2, -0.15) is 12.6 Å². The third-order valence-corrected chi connectivity index (χ3v) is 5.59. The summed E-state index contributed by atoms with van der Waals surface area (Å²) >= 11 is 4.29. The van der Waals surface area contributed by atoms with E-state index in [1.807, 2.05) is 62.4 Å². The van der Waals surface area contributed by atoms with Crippen LogP contribution in [0.1, 0.15) is 56.0 Å². The van der Waals surface area contributed by atoms with Gasteiger partial charge in [-0.15, -0.1) is 0 Å². The number of carbonyl (C=O) groups excluding carboxylic acids is 3. The molecule has 0 aromatic heterocycles. The van der Waals surface area contributed by atoms with Crippen molar-refractivity contribution in [3.63, 3.8) is 0 Å². The highest BCUT2D eigenvalue weighted by Gasteiger charge is 2.35. The van der Waals surface area contributed by atoms with Crippen molar-refractivity contribution in [2.75, 3.05) is 12.3 Å². The van der Waals surface area contributed by atoms with E-state index in [0.29, 0.717) is 12.1 Å². The number of likely N-dealkylation sites (N-methyl/N-ethyl adjacent to an activating group) is 1. The quantitative estimate of drug-likeness (QED) is 0.448. The third kappa shape index (κ3) is 8.62. The maximum atomic E-state index is 13.6. The van der Waals surface area contributed by atoms with E-state index in [1.165, 1.54) is 4.90 Å². The SMILES string of the molecule is CCN(C(=O)C(CS)NC(=O)OC(C)(C)C)C(C(=O)NCc1ccccc1)c1cc(C)cc(C)c1.